The highest BCUT2D eigenvalue weighted by Gasteiger charge is 2.42. The van der Waals surface area contributed by atoms with E-state index in [1.54, 1.807) is 6.07 Å². The summed E-state index contributed by atoms with van der Waals surface area (Å²) in [5.74, 6) is 0.480. The van der Waals surface area contributed by atoms with Gasteiger partial charge >= 0.3 is 0 Å². The van der Waals surface area contributed by atoms with Gasteiger partial charge in [-0.05, 0) is 37.3 Å². The van der Waals surface area contributed by atoms with Gasteiger partial charge in [0.25, 0.3) is 0 Å². The van der Waals surface area contributed by atoms with E-state index >= 15 is 0 Å². The third-order valence-corrected chi connectivity index (χ3v) is 5.83. The van der Waals surface area contributed by atoms with E-state index in [2.05, 4.69) is 4.72 Å². The Balaban J connectivity index is 1.85. The number of nitrogens with two attached hydrogens (primary N) is 1. The second-order valence-electron chi connectivity index (χ2n) is 5.35. The predicted octanol–water partition coefficient (Wildman–Crippen LogP) is 1.77. The highest BCUT2D eigenvalue weighted by molar-refractivity contribution is 7.89. The molecule has 2 fully saturated rings. The van der Waals surface area contributed by atoms with E-state index in [1.807, 2.05) is 0 Å². The molecule has 5 nitrogen and oxygen atoms in total. The molecule has 2 atom stereocenters. The SMILES string of the molecule is Nc1cccc(Cl)c1S(=O)(=O)NC1CCOC1C1CC1. The molecule has 7 heteroatoms. The van der Waals surface area contributed by atoms with Gasteiger partial charge in [-0.25, -0.2) is 13.1 Å². The minimum Gasteiger partial charge on any atom is -0.398 e. The average Bonchev–Trinajstić information content (AvgIpc) is 3.10. The number of anilines is 1. The van der Waals surface area contributed by atoms with Crippen LogP contribution in [0.15, 0.2) is 23.1 Å². The van der Waals surface area contributed by atoms with Crippen molar-refractivity contribution in [2.24, 2.45) is 5.92 Å². The van der Waals surface area contributed by atoms with Gasteiger partial charge in [0.1, 0.15) is 4.90 Å². The molecule has 0 amide bonds. The monoisotopic (exact) mass is 316 g/mol. The molecule has 0 radical (unpaired) electrons. The lowest BCUT2D eigenvalue weighted by molar-refractivity contribution is 0.0848. The molecule has 1 aromatic carbocycles. The molecule has 1 heterocycles. The molecule has 1 aromatic rings. The summed E-state index contributed by atoms with van der Waals surface area (Å²) in [5, 5.41) is 0.138. The van der Waals surface area contributed by atoms with Crippen molar-refractivity contribution in [2.45, 2.75) is 36.3 Å². The van der Waals surface area contributed by atoms with Crippen LogP contribution in [0.1, 0.15) is 19.3 Å². The van der Waals surface area contributed by atoms with Gasteiger partial charge in [0.2, 0.25) is 10.0 Å². The van der Waals surface area contributed by atoms with E-state index in [9.17, 15) is 8.42 Å². The Morgan fingerprint density at radius 3 is 2.70 bits per heavy atom. The van der Waals surface area contributed by atoms with Crippen molar-refractivity contribution in [3.63, 3.8) is 0 Å². The Hall–Kier alpha value is -0.820. The minimum atomic E-state index is -3.73. The number of nitrogen functional groups attached to an aromatic ring is 1. The maximum atomic E-state index is 12.5. The Labute approximate surface area is 123 Å². The van der Waals surface area contributed by atoms with Gasteiger partial charge in [0, 0.05) is 6.61 Å². The highest BCUT2D eigenvalue weighted by Crippen LogP contribution is 2.39. The molecule has 0 spiro atoms. The summed E-state index contributed by atoms with van der Waals surface area (Å²) < 4.78 is 33.3. The minimum absolute atomic E-state index is 0.0199. The van der Waals surface area contributed by atoms with Crippen molar-refractivity contribution >= 4 is 27.3 Å². The van der Waals surface area contributed by atoms with Gasteiger partial charge in [-0.15, -0.1) is 0 Å². The quantitative estimate of drug-likeness (QED) is 0.829. The van der Waals surface area contributed by atoms with Crippen molar-refractivity contribution in [3.8, 4) is 0 Å². The molecule has 3 rings (SSSR count). The van der Waals surface area contributed by atoms with Crippen LogP contribution < -0.4 is 10.5 Å². The number of nitrogens with one attached hydrogen (secondary N) is 1. The number of rotatable bonds is 4. The van der Waals surface area contributed by atoms with Gasteiger partial charge in [0.05, 0.1) is 22.9 Å². The second kappa shape index (κ2) is 5.18. The smallest absolute Gasteiger partial charge is 0.244 e. The van der Waals surface area contributed by atoms with Crippen molar-refractivity contribution in [1.29, 1.82) is 0 Å². The van der Waals surface area contributed by atoms with E-state index in [0.717, 1.165) is 12.8 Å². The van der Waals surface area contributed by atoms with E-state index in [4.69, 9.17) is 22.1 Å². The second-order valence-corrected chi connectivity index (χ2v) is 7.41. The number of ether oxygens (including phenoxy) is 1. The first-order chi connectivity index (χ1) is 9.49. The number of sulfonamides is 1. The topological polar surface area (TPSA) is 81.4 Å². The zero-order valence-corrected chi connectivity index (χ0v) is 12.5. The first-order valence-electron chi connectivity index (χ1n) is 6.67. The van der Waals surface area contributed by atoms with Gasteiger partial charge in [-0.3, -0.25) is 0 Å². The summed E-state index contributed by atoms with van der Waals surface area (Å²) in [6.45, 7) is 0.590. The Morgan fingerprint density at radius 2 is 2.05 bits per heavy atom. The molecule has 1 saturated heterocycles. The zero-order chi connectivity index (χ0) is 14.3. The lowest BCUT2D eigenvalue weighted by atomic mass is 10.1. The molecule has 110 valence electrons. The molecule has 1 saturated carbocycles. The summed E-state index contributed by atoms with van der Waals surface area (Å²) in [6.07, 6.45) is 2.88. The van der Waals surface area contributed by atoms with Crippen LogP contribution in [0, 0.1) is 5.92 Å². The van der Waals surface area contributed by atoms with Gasteiger partial charge in [-0.2, -0.15) is 0 Å². The van der Waals surface area contributed by atoms with Crippen LogP contribution in [-0.2, 0) is 14.8 Å². The van der Waals surface area contributed by atoms with E-state index < -0.39 is 10.0 Å². The number of benzene rings is 1. The van der Waals surface area contributed by atoms with Gasteiger partial charge in [-0.1, -0.05) is 17.7 Å². The number of halogens is 1. The maximum Gasteiger partial charge on any atom is 0.244 e. The standard InChI is InChI=1S/C13H17ClN2O3S/c14-9-2-1-3-10(15)13(9)20(17,18)16-11-6-7-19-12(11)8-4-5-8/h1-3,8,11-12,16H,4-7,15H2. The first-order valence-corrected chi connectivity index (χ1v) is 8.53. The Bertz CT molecular complexity index is 596. The molecule has 3 N–H and O–H groups in total. The first kappa shape index (κ1) is 14.1. The summed E-state index contributed by atoms with van der Waals surface area (Å²) in [6, 6.07) is 4.49. The molecule has 0 bridgehead atoms. The average molecular weight is 317 g/mol. The van der Waals surface area contributed by atoms with Crippen molar-refractivity contribution in [3.05, 3.63) is 23.2 Å². The van der Waals surface area contributed by atoms with Gasteiger partial charge in [0.15, 0.2) is 0 Å². The van der Waals surface area contributed by atoms with E-state index in [-0.39, 0.29) is 27.8 Å². The molecule has 2 aliphatic rings. The molecular formula is C13H17ClN2O3S. The Morgan fingerprint density at radius 1 is 1.30 bits per heavy atom. The summed E-state index contributed by atoms with van der Waals surface area (Å²) in [4.78, 5) is -0.0388. The largest absolute Gasteiger partial charge is 0.398 e. The molecule has 1 aliphatic heterocycles. The van der Waals surface area contributed by atoms with E-state index in [0.29, 0.717) is 18.9 Å². The maximum absolute atomic E-state index is 12.5. The van der Waals surface area contributed by atoms with E-state index in [1.165, 1.54) is 12.1 Å². The predicted molar refractivity (Wildman–Crippen MR) is 77.1 cm³/mol. The molecular weight excluding hydrogens is 300 g/mol. The van der Waals surface area contributed by atoms with Crippen LogP contribution in [0.25, 0.3) is 0 Å². The summed E-state index contributed by atoms with van der Waals surface area (Å²) in [7, 11) is -3.73. The van der Waals surface area contributed by atoms with Crippen LogP contribution in [-0.4, -0.2) is 27.2 Å². The van der Waals surface area contributed by atoms with Crippen LogP contribution in [0.5, 0.6) is 0 Å². The summed E-state index contributed by atoms with van der Waals surface area (Å²) >= 11 is 5.98. The van der Waals surface area contributed by atoms with Gasteiger partial charge < -0.3 is 10.5 Å². The lowest BCUT2D eigenvalue weighted by Crippen LogP contribution is -2.41. The molecule has 2 unspecified atom stereocenters. The lowest BCUT2D eigenvalue weighted by Gasteiger charge is -2.20. The normalized spacial score (nSPS) is 26.9. The Kier molecular flexibility index (Phi) is 3.66. The molecule has 1 aliphatic carbocycles. The van der Waals surface area contributed by atoms with Crippen LogP contribution in [0.2, 0.25) is 5.02 Å². The van der Waals surface area contributed by atoms with Crippen molar-refractivity contribution < 1.29 is 13.2 Å². The van der Waals surface area contributed by atoms with Crippen molar-refractivity contribution in [1.82, 2.24) is 4.72 Å². The fraction of sp³-hybridized carbons (Fsp3) is 0.538. The number of hydrogen-bond acceptors (Lipinski definition) is 4. The molecule has 20 heavy (non-hydrogen) atoms. The zero-order valence-electron chi connectivity index (χ0n) is 10.9. The molecule has 0 aromatic heterocycles. The number of hydrogen-bond donors (Lipinski definition) is 2. The van der Waals surface area contributed by atoms with Crippen molar-refractivity contribution in [2.75, 3.05) is 12.3 Å². The third-order valence-electron chi connectivity index (χ3n) is 3.80. The highest BCUT2D eigenvalue weighted by atomic mass is 35.5. The fourth-order valence-corrected chi connectivity index (χ4v) is 4.65. The van der Waals surface area contributed by atoms with Crippen LogP contribution >= 0.6 is 11.6 Å². The van der Waals surface area contributed by atoms with Crippen LogP contribution in [0.4, 0.5) is 5.69 Å². The van der Waals surface area contributed by atoms with Crippen LogP contribution in [0.3, 0.4) is 0 Å². The third kappa shape index (κ3) is 2.65. The summed E-state index contributed by atoms with van der Waals surface area (Å²) in [5.41, 5.74) is 5.91. The fourth-order valence-electron chi connectivity index (χ4n) is 2.69.